The maximum Gasteiger partial charge on any atom is 0.264 e. The number of furan rings is 1. The van der Waals surface area contributed by atoms with E-state index in [4.69, 9.17) is 4.42 Å². The Bertz CT molecular complexity index is 1020. The van der Waals surface area contributed by atoms with Gasteiger partial charge in [-0.05, 0) is 37.1 Å². The molecule has 1 aliphatic heterocycles. The topological polar surface area (TPSA) is 70.8 Å². The van der Waals surface area contributed by atoms with E-state index in [1.54, 1.807) is 42.2 Å². The van der Waals surface area contributed by atoms with Crippen molar-refractivity contribution in [1.82, 2.24) is 0 Å². The van der Waals surface area contributed by atoms with Gasteiger partial charge in [-0.2, -0.15) is 0 Å². The number of hydrogen-bond donors (Lipinski definition) is 1. The second kappa shape index (κ2) is 7.09. The lowest BCUT2D eigenvalue weighted by Crippen LogP contribution is -2.42. The highest BCUT2D eigenvalue weighted by Gasteiger charge is 2.50. The minimum absolute atomic E-state index is 0.152. The molecule has 3 aromatic rings. The summed E-state index contributed by atoms with van der Waals surface area (Å²) in [6, 6.07) is 20.2. The number of aryl methyl sites for hydroxylation is 1. The molecule has 0 aliphatic carbocycles. The Kier molecular flexibility index (Phi) is 4.61. The van der Waals surface area contributed by atoms with Crippen LogP contribution in [0.5, 0.6) is 0 Å². The number of amides is 1. The van der Waals surface area contributed by atoms with Crippen molar-refractivity contribution in [2.75, 3.05) is 11.4 Å². The normalized spacial score (nSPS) is 18.4. The van der Waals surface area contributed by atoms with Crippen LogP contribution in [0.25, 0.3) is 0 Å². The number of anilines is 1. The van der Waals surface area contributed by atoms with Crippen LogP contribution in [-0.4, -0.2) is 23.3 Å². The molecule has 0 unspecified atom stereocenters. The zero-order valence-electron chi connectivity index (χ0n) is 15.6. The van der Waals surface area contributed by atoms with Crippen LogP contribution >= 0.6 is 0 Å². The van der Waals surface area contributed by atoms with Crippen molar-refractivity contribution in [2.24, 2.45) is 0 Å². The zero-order chi connectivity index (χ0) is 19.7. The maximum atomic E-state index is 13.2. The Hall–Kier alpha value is -3.18. The largest absolute Gasteiger partial charge is 0.458 e. The Morgan fingerprint density at radius 3 is 2.46 bits per heavy atom. The van der Waals surface area contributed by atoms with Gasteiger partial charge in [0.1, 0.15) is 5.76 Å². The number of hydrogen-bond acceptors (Lipinski definition) is 4. The van der Waals surface area contributed by atoms with E-state index in [1.165, 1.54) is 0 Å². The summed E-state index contributed by atoms with van der Waals surface area (Å²) in [6.45, 7) is 2.17. The van der Waals surface area contributed by atoms with Crippen LogP contribution in [0, 0.1) is 6.92 Å². The molecule has 1 N–H and O–H groups in total. The molecule has 4 rings (SSSR count). The standard InChI is InChI=1S/C23H21NO4/c1-16-11-12-21(28-16)20(25)15-23(27)18-9-5-6-10-19(18)24(22(23)26)14-13-17-7-3-2-4-8-17/h2-12,27H,13-15H2,1H3/t23-/m1/s1. The Morgan fingerprint density at radius 1 is 1.04 bits per heavy atom. The summed E-state index contributed by atoms with van der Waals surface area (Å²) in [5.41, 5.74) is 0.329. The second-order valence-electron chi connectivity index (χ2n) is 7.08. The molecule has 0 bridgehead atoms. The molecule has 5 nitrogen and oxygen atoms in total. The maximum absolute atomic E-state index is 13.2. The lowest BCUT2D eigenvalue weighted by molar-refractivity contribution is -0.135. The number of ketones is 1. The Labute approximate surface area is 163 Å². The van der Waals surface area contributed by atoms with Gasteiger partial charge in [-0.1, -0.05) is 48.5 Å². The van der Waals surface area contributed by atoms with E-state index in [-0.39, 0.29) is 12.2 Å². The number of nitrogens with zero attached hydrogens (tertiary/aromatic N) is 1. The van der Waals surface area contributed by atoms with Gasteiger partial charge in [0.15, 0.2) is 11.4 Å². The summed E-state index contributed by atoms with van der Waals surface area (Å²) in [7, 11) is 0. The van der Waals surface area contributed by atoms with Crippen LogP contribution < -0.4 is 4.90 Å². The van der Waals surface area contributed by atoms with Crippen molar-refractivity contribution in [3.8, 4) is 0 Å². The first-order chi connectivity index (χ1) is 13.5. The number of carbonyl (C=O) groups excluding carboxylic acids is 2. The van der Waals surface area contributed by atoms with Gasteiger partial charge in [-0.25, -0.2) is 0 Å². The number of Topliss-reactive ketones (excluding diaryl/α,β-unsaturated/α-hetero) is 1. The quantitative estimate of drug-likeness (QED) is 0.668. The molecule has 2 aromatic carbocycles. The van der Waals surface area contributed by atoms with E-state index in [2.05, 4.69) is 0 Å². The summed E-state index contributed by atoms with van der Waals surface area (Å²) in [6.07, 6.45) is 0.306. The summed E-state index contributed by atoms with van der Waals surface area (Å²) in [5, 5.41) is 11.3. The number of carbonyl (C=O) groups is 2. The molecule has 1 amide bonds. The van der Waals surface area contributed by atoms with Gasteiger partial charge < -0.3 is 14.4 Å². The van der Waals surface area contributed by atoms with E-state index in [0.717, 1.165) is 5.56 Å². The van der Waals surface area contributed by atoms with E-state index < -0.39 is 17.3 Å². The summed E-state index contributed by atoms with van der Waals surface area (Å²) in [4.78, 5) is 27.4. The van der Waals surface area contributed by atoms with Crippen LogP contribution in [0.1, 0.15) is 33.9 Å². The fourth-order valence-corrected chi connectivity index (χ4v) is 3.69. The molecule has 0 fully saturated rings. The molecule has 5 heteroatoms. The number of rotatable bonds is 6. The molecule has 2 heterocycles. The van der Waals surface area contributed by atoms with Gasteiger partial charge in [-0.3, -0.25) is 9.59 Å². The molecule has 0 saturated carbocycles. The van der Waals surface area contributed by atoms with Crippen LogP contribution in [0.4, 0.5) is 5.69 Å². The van der Waals surface area contributed by atoms with E-state index in [0.29, 0.717) is 30.0 Å². The van der Waals surface area contributed by atoms with E-state index in [1.807, 2.05) is 36.4 Å². The molecule has 0 spiro atoms. The molecule has 1 aromatic heterocycles. The Morgan fingerprint density at radius 2 is 1.75 bits per heavy atom. The van der Waals surface area contributed by atoms with Crippen molar-refractivity contribution >= 4 is 17.4 Å². The SMILES string of the molecule is Cc1ccc(C(=O)C[C@]2(O)C(=O)N(CCc3ccccc3)c3ccccc32)o1. The summed E-state index contributed by atoms with van der Waals surface area (Å²) in [5.74, 6) is -0.109. The average Bonchev–Trinajstić information content (AvgIpc) is 3.23. The molecule has 1 aliphatic rings. The van der Waals surface area contributed by atoms with E-state index in [9.17, 15) is 14.7 Å². The monoisotopic (exact) mass is 375 g/mol. The van der Waals surface area contributed by atoms with Crippen molar-refractivity contribution in [1.29, 1.82) is 0 Å². The number of aliphatic hydroxyl groups is 1. The fourth-order valence-electron chi connectivity index (χ4n) is 3.69. The first-order valence-electron chi connectivity index (χ1n) is 9.26. The zero-order valence-corrected chi connectivity index (χ0v) is 15.6. The van der Waals surface area contributed by atoms with Crippen LogP contribution in [-0.2, 0) is 16.8 Å². The lowest BCUT2D eigenvalue weighted by atomic mass is 9.89. The smallest absolute Gasteiger partial charge is 0.264 e. The highest BCUT2D eigenvalue weighted by Crippen LogP contribution is 2.42. The summed E-state index contributed by atoms with van der Waals surface area (Å²) >= 11 is 0. The fraction of sp³-hybridized carbons (Fsp3) is 0.217. The van der Waals surface area contributed by atoms with Gasteiger partial charge in [0.05, 0.1) is 12.1 Å². The number of benzene rings is 2. The minimum atomic E-state index is -1.88. The van der Waals surface area contributed by atoms with Crippen molar-refractivity contribution in [2.45, 2.75) is 25.4 Å². The number of para-hydroxylation sites is 1. The summed E-state index contributed by atoms with van der Waals surface area (Å²) < 4.78 is 5.37. The molecule has 28 heavy (non-hydrogen) atoms. The van der Waals surface area contributed by atoms with Gasteiger partial charge in [0, 0.05) is 12.1 Å². The van der Waals surface area contributed by atoms with Crippen LogP contribution in [0.2, 0.25) is 0 Å². The van der Waals surface area contributed by atoms with E-state index >= 15 is 0 Å². The number of fused-ring (bicyclic) bond motifs is 1. The second-order valence-corrected chi connectivity index (χ2v) is 7.08. The highest BCUT2D eigenvalue weighted by atomic mass is 16.3. The molecule has 1 atom stereocenters. The van der Waals surface area contributed by atoms with Crippen molar-refractivity contribution in [3.63, 3.8) is 0 Å². The first kappa shape index (κ1) is 18.2. The minimum Gasteiger partial charge on any atom is -0.458 e. The van der Waals surface area contributed by atoms with Crippen LogP contribution in [0.3, 0.4) is 0 Å². The predicted molar refractivity (Wildman–Crippen MR) is 105 cm³/mol. The predicted octanol–water partition coefficient (Wildman–Crippen LogP) is 3.64. The third kappa shape index (κ3) is 3.14. The molecule has 0 radical (unpaired) electrons. The third-order valence-corrected chi connectivity index (χ3v) is 5.14. The van der Waals surface area contributed by atoms with Gasteiger partial charge in [-0.15, -0.1) is 0 Å². The average molecular weight is 375 g/mol. The molecular formula is C23H21NO4. The Balaban J connectivity index is 1.61. The van der Waals surface area contributed by atoms with Crippen molar-refractivity contribution < 1.29 is 19.1 Å². The van der Waals surface area contributed by atoms with Crippen molar-refractivity contribution in [3.05, 3.63) is 89.4 Å². The molecule has 0 saturated heterocycles. The lowest BCUT2D eigenvalue weighted by Gasteiger charge is -2.22. The highest BCUT2D eigenvalue weighted by molar-refractivity contribution is 6.10. The van der Waals surface area contributed by atoms with Gasteiger partial charge in [0.2, 0.25) is 5.78 Å². The molecule has 142 valence electrons. The third-order valence-electron chi connectivity index (χ3n) is 5.14. The first-order valence-corrected chi connectivity index (χ1v) is 9.26. The van der Waals surface area contributed by atoms with Gasteiger partial charge >= 0.3 is 0 Å². The van der Waals surface area contributed by atoms with Gasteiger partial charge in [0.25, 0.3) is 5.91 Å². The van der Waals surface area contributed by atoms with Crippen LogP contribution in [0.15, 0.2) is 71.1 Å². The molecular weight excluding hydrogens is 354 g/mol.